The third-order valence-corrected chi connectivity index (χ3v) is 6.39. The highest BCUT2D eigenvalue weighted by atomic mass is 16.5. The maximum Gasteiger partial charge on any atom is 0.287 e. The average molecular weight is 505 g/mol. The highest BCUT2D eigenvalue weighted by Crippen LogP contribution is 2.34. The normalized spacial score (nSPS) is 16.7. The van der Waals surface area contributed by atoms with E-state index in [0.717, 1.165) is 18.4 Å². The van der Waals surface area contributed by atoms with E-state index in [1.165, 1.54) is 4.90 Å². The van der Waals surface area contributed by atoms with Gasteiger partial charge in [-0.1, -0.05) is 18.2 Å². The summed E-state index contributed by atoms with van der Waals surface area (Å²) in [7, 11) is 0. The van der Waals surface area contributed by atoms with Crippen molar-refractivity contribution in [3.63, 3.8) is 0 Å². The number of benzene rings is 2. The molecule has 0 aliphatic carbocycles. The number of nitrogens with zero attached hydrogens (tertiary/aromatic N) is 1. The summed E-state index contributed by atoms with van der Waals surface area (Å²) in [5.74, 6) is 0.868. The first-order valence-corrected chi connectivity index (χ1v) is 12.3. The monoisotopic (exact) mass is 504 g/mol. The van der Waals surface area contributed by atoms with Crippen molar-refractivity contribution in [1.29, 1.82) is 0 Å². The van der Waals surface area contributed by atoms with E-state index in [2.05, 4.69) is 5.32 Å². The van der Waals surface area contributed by atoms with Gasteiger partial charge in [0, 0.05) is 18.7 Å². The molecule has 0 radical (unpaired) electrons. The van der Waals surface area contributed by atoms with Crippen LogP contribution in [-0.4, -0.2) is 50.1 Å². The molecule has 2 aliphatic rings. The van der Waals surface area contributed by atoms with Crippen molar-refractivity contribution >= 4 is 23.3 Å². The quantitative estimate of drug-likeness (QED) is 0.443. The molecular weight excluding hydrogens is 476 g/mol. The first kappa shape index (κ1) is 24.6. The van der Waals surface area contributed by atoms with Crippen LogP contribution in [0.5, 0.6) is 11.5 Å². The second-order valence-electron chi connectivity index (χ2n) is 9.04. The molecule has 9 nitrogen and oxygen atoms in total. The molecule has 1 fully saturated rings. The summed E-state index contributed by atoms with van der Waals surface area (Å²) in [6.45, 7) is 2.87. The number of Topliss-reactive ketones (excluding diaryl/α,β-unsaturated/α-hetero) is 1. The first-order chi connectivity index (χ1) is 18.0. The highest BCUT2D eigenvalue weighted by Gasteiger charge is 2.28. The van der Waals surface area contributed by atoms with Gasteiger partial charge in [-0.2, -0.15) is 0 Å². The molecule has 2 aromatic carbocycles. The van der Waals surface area contributed by atoms with Gasteiger partial charge >= 0.3 is 0 Å². The second kappa shape index (κ2) is 10.9. The van der Waals surface area contributed by atoms with Crippen molar-refractivity contribution in [2.75, 3.05) is 31.3 Å². The molecule has 1 unspecified atom stereocenters. The summed E-state index contributed by atoms with van der Waals surface area (Å²) in [5.41, 5.74) is 1.78. The summed E-state index contributed by atoms with van der Waals surface area (Å²) >= 11 is 0. The maximum atomic E-state index is 12.9. The SMILES string of the molecule is Cc1ccccc1OCC(=O)c1ccc2c(c1)N(Cc1ccc(C(=O)NCC3CCCO3)o1)C(=O)CO2. The molecule has 192 valence electrons. The predicted octanol–water partition coefficient (Wildman–Crippen LogP) is 3.68. The van der Waals surface area contributed by atoms with Gasteiger partial charge < -0.3 is 23.9 Å². The lowest BCUT2D eigenvalue weighted by Crippen LogP contribution is -2.38. The topological polar surface area (TPSA) is 107 Å². The maximum absolute atomic E-state index is 12.9. The summed E-state index contributed by atoms with van der Waals surface area (Å²) in [4.78, 5) is 39.5. The lowest BCUT2D eigenvalue weighted by Gasteiger charge is -2.29. The van der Waals surface area contributed by atoms with Crippen LogP contribution in [0.4, 0.5) is 5.69 Å². The Kier molecular flexibility index (Phi) is 7.23. The van der Waals surface area contributed by atoms with Gasteiger partial charge in [0.1, 0.15) is 17.3 Å². The van der Waals surface area contributed by atoms with Crippen LogP contribution < -0.4 is 19.7 Å². The second-order valence-corrected chi connectivity index (χ2v) is 9.04. The van der Waals surface area contributed by atoms with Crippen LogP contribution in [0, 0.1) is 6.92 Å². The van der Waals surface area contributed by atoms with Crippen LogP contribution in [0.3, 0.4) is 0 Å². The number of furan rings is 1. The van der Waals surface area contributed by atoms with Crippen molar-refractivity contribution in [2.45, 2.75) is 32.4 Å². The Morgan fingerprint density at radius 2 is 2.00 bits per heavy atom. The van der Waals surface area contributed by atoms with Gasteiger partial charge in [-0.05, 0) is 61.7 Å². The predicted molar refractivity (Wildman–Crippen MR) is 134 cm³/mol. The molecule has 3 aromatic rings. The zero-order chi connectivity index (χ0) is 25.8. The Morgan fingerprint density at radius 3 is 2.81 bits per heavy atom. The molecule has 1 N–H and O–H groups in total. The highest BCUT2D eigenvalue weighted by molar-refractivity contribution is 6.02. The molecule has 0 spiro atoms. The number of hydrogen-bond acceptors (Lipinski definition) is 7. The fraction of sp³-hybridized carbons (Fsp3) is 0.321. The summed E-state index contributed by atoms with van der Waals surface area (Å²) in [6.07, 6.45) is 1.94. The van der Waals surface area contributed by atoms with Gasteiger partial charge in [0.15, 0.2) is 24.8 Å². The van der Waals surface area contributed by atoms with E-state index in [1.807, 2.05) is 31.2 Å². The molecule has 0 saturated carbocycles. The number of nitrogens with one attached hydrogen (secondary N) is 1. The molecule has 3 heterocycles. The van der Waals surface area contributed by atoms with Gasteiger partial charge in [0.05, 0.1) is 18.3 Å². The number of ketones is 1. The molecular formula is C28H28N2O7. The minimum absolute atomic E-state index is 0.0277. The lowest BCUT2D eigenvalue weighted by atomic mass is 10.1. The zero-order valence-electron chi connectivity index (χ0n) is 20.5. The molecule has 37 heavy (non-hydrogen) atoms. The average Bonchev–Trinajstić information content (AvgIpc) is 3.60. The van der Waals surface area contributed by atoms with Crippen LogP contribution in [-0.2, 0) is 16.1 Å². The van der Waals surface area contributed by atoms with Crippen molar-refractivity contribution in [2.24, 2.45) is 0 Å². The summed E-state index contributed by atoms with van der Waals surface area (Å²) in [5, 5.41) is 2.82. The van der Waals surface area contributed by atoms with Gasteiger partial charge in [0.2, 0.25) is 0 Å². The summed E-state index contributed by atoms with van der Waals surface area (Å²) in [6, 6.07) is 15.6. The standard InChI is InChI=1S/C28H28N2O7/c1-18-5-2-3-7-24(18)35-16-23(31)19-8-10-25-22(13-19)30(27(32)17-36-25)15-21-9-11-26(37-21)28(33)29-14-20-6-4-12-34-20/h2-3,5,7-11,13,20H,4,6,12,14-17H2,1H3,(H,29,33). The van der Waals surface area contributed by atoms with E-state index < -0.39 is 0 Å². The van der Waals surface area contributed by atoms with Crippen molar-refractivity contribution in [1.82, 2.24) is 5.32 Å². The fourth-order valence-corrected chi connectivity index (χ4v) is 4.33. The number of amides is 2. The molecule has 2 aliphatic heterocycles. The smallest absolute Gasteiger partial charge is 0.287 e. The van der Waals surface area contributed by atoms with Crippen molar-refractivity contribution in [3.05, 3.63) is 77.2 Å². The number of para-hydroxylation sites is 1. The Morgan fingerprint density at radius 1 is 1.14 bits per heavy atom. The van der Waals surface area contributed by atoms with Crippen LogP contribution in [0.25, 0.3) is 0 Å². The Balaban J connectivity index is 1.26. The van der Waals surface area contributed by atoms with Crippen LogP contribution in [0.1, 0.15) is 45.1 Å². The minimum atomic E-state index is -0.336. The van der Waals surface area contributed by atoms with Gasteiger partial charge in [-0.15, -0.1) is 0 Å². The summed E-state index contributed by atoms with van der Waals surface area (Å²) < 4.78 is 22.5. The number of anilines is 1. The van der Waals surface area contributed by atoms with Gasteiger partial charge in [0.25, 0.3) is 11.8 Å². The number of fused-ring (bicyclic) bond motifs is 1. The Bertz CT molecular complexity index is 1310. The number of carbonyl (C=O) groups is 3. The molecule has 2 amide bonds. The van der Waals surface area contributed by atoms with Crippen LogP contribution in [0.15, 0.2) is 59.0 Å². The van der Waals surface area contributed by atoms with Gasteiger partial charge in [-0.3, -0.25) is 19.3 Å². The van der Waals surface area contributed by atoms with E-state index >= 15 is 0 Å². The van der Waals surface area contributed by atoms with Crippen LogP contribution >= 0.6 is 0 Å². The number of ether oxygens (including phenoxy) is 3. The Hall–Kier alpha value is -4.11. The number of carbonyl (C=O) groups excluding carboxylic acids is 3. The van der Waals surface area contributed by atoms with E-state index in [9.17, 15) is 14.4 Å². The lowest BCUT2D eigenvalue weighted by molar-refractivity contribution is -0.121. The molecule has 5 rings (SSSR count). The number of aryl methyl sites for hydroxylation is 1. The fourth-order valence-electron chi connectivity index (χ4n) is 4.33. The molecule has 0 bridgehead atoms. The third-order valence-electron chi connectivity index (χ3n) is 6.39. The van der Waals surface area contributed by atoms with Gasteiger partial charge in [-0.25, -0.2) is 0 Å². The first-order valence-electron chi connectivity index (χ1n) is 12.3. The minimum Gasteiger partial charge on any atom is -0.485 e. The molecule has 1 saturated heterocycles. The van der Waals surface area contributed by atoms with Crippen molar-refractivity contribution in [3.8, 4) is 11.5 Å². The number of hydrogen-bond donors (Lipinski definition) is 1. The Labute approximate surface area is 214 Å². The largest absolute Gasteiger partial charge is 0.485 e. The molecule has 9 heteroatoms. The van der Waals surface area contributed by atoms with Crippen molar-refractivity contribution < 1.29 is 33.0 Å². The van der Waals surface area contributed by atoms with E-state index in [4.69, 9.17) is 18.6 Å². The zero-order valence-corrected chi connectivity index (χ0v) is 20.5. The van der Waals surface area contributed by atoms with E-state index in [1.54, 1.807) is 30.3 Å². The molecule has 1 atom stereocenters. The van der Waals surface area contributed by atoms with E-state index in [-0.39, 0.29) is 49.2 Å². The number of rotatable bonds is 9. The van der Waals surface area contributed by atoms with Crippen LogP contribution in [0.2, 0.25) is 0 Å². The van der Waals surface area contributed by atoms with E-state index in [0.29, 0.717) is 41.7 Å². The third kappa shape index (κ3) is 5.67. The molecule has 1 aromatic heterocycles.